The number of aliphatic carboxylic acids is 1. The van der Waals surface area contributed by atoms with Crippen LogP contribution in [0.2, 0.25) is 0 Å². The Morgan fingerprint density at radius 1 is 1.53 bits per heavy atom. The van der Waals surface area contributed by atoms with E-state index in [0.717, 1.165) is 0 Å². The van der Waals surface area contributed by atoms with Gasteiger partial charge in [0.15, 0.2) is 9.84 Å². The quantitative estimate of drug-likeness (QED) is 0.636. The molecule has 0 saturated carbocycles. The van der Waals surface area contributed by atoms with Gasteiger partial charge in [-0.1, -0.05) is 0 Å². The Kier molecular flexibility index (Phi) is 4.10. The minimum absolute atomic E-state index is 0.0145. The average Bonchev–Trinajstić information content (AvgIpc) is 2.14. The van der Waals surface area contributed by atoms with Crippen LogP contribution < -0.4 is 5.73 Å². The van der Waals surface area contributed by atoms with E-state index in [2.05, 4.69) is 0 Å². The number of amides is 1. The summed E-state index contributed by atoms with van der Waals surface area (Å²) in [6, 6.07) is -1.57. The summed E-state index contributed by atoms with van der Waals surface area (Å²) in [6.07, 6.45) is -0.377. The molecule has 1 rings (SSSR count). The molecule has 1 aliphatic heterocycles. The van der Waals surface area contributed by atoms with Crippen LogP contribution in [-0.2, 0) is 19.4 Å². The fourth-order valence-electron chi connectivity index (χ4n) is 1.81. The molecule has 98 valence electrons. The Morgan fingerprint density at radius 2 is 2.12 bits per heavy atom. The van der Waals surface area contributed by atoms with Gasteiger partial charge >= 0.3 is 5.97 Å². The molecule has 0 aromatic carbocycles. The van der Waals surface area contributed by atoms with Crippen LogP contribution in [0.15, 0.2) is 0 Å². The summed E-state index contributed by atoms with van der Waals surface area (Å²) in [7, 11) is -3.27. The molecule has 0 aromatic rings. The zero-order valence-corrected chi connectivity index (χ0v) is 10.3. The lowest BCUT2D eigenvalue weighted by molar-refractivity contribution is -0.140. The highest BCUT2D eigenvalue weighted by molar-refractivity contribution is 7.91. The lowest BCUT2D eigenvalue weighted by Crippen LogP contribution is -2.55. The second-order valence-electron chi connectivity index (χ2n) is 4.19. The molecule has 1 aliphatic rings. The van der Waals surface area contributed by atoms with Gasteiger partial charge < -0.3 is 15.7 Å². The highest BCUT2D eigenvalue weighted by Gasteiger charge is 2.36. The Hall–Kier alpha value is -1.15. The summed E-state index contributed by atoms with van der Waals surface area (Å²) in [4.78, 5) is 23.6. The third kappa shape index (κ3) is 3.67. The molecule has 0 aromatic heterocycles. The number of carboxylic acids is 1. The van der Waals surface area contributed by atoms with Crippen molar-refractivity contribution in [3.05, 3.63) is 0 Å². The summed E-state index contributed by atoms with van der Waals surface area (Å²) >= 11 is 0. The molecule has 17 heavy (non-hydrogen) atoms. The van der Waals surface area contributed by atoms with E-state index in [1.807, 2.05) is 0 Å². The van der Waals surface area contributed by atoms with Crippen LogP contribution in [0, 0.1) is 0 Å². The third-order valence-electron chi connectivity index (χ3n) is 2.61. The summed E-state index contributed by atoms with van der Waals surface area (Å²) in [5, 5.41) is 8.71. The van der Waals surface area contributed by atoms with Crippen LogP contribution in [0.3, 0.4) is 0 Å². The lowest BCUT2D eigenvalue weighted by Gasteiger charge is -2.35. The highest BCUT2D eigenvalue weighted by Crippen LogP contribution is 2.15. The maximum absolute atomic E-state index is 11.7. The van der Waals surface area contributed by atoms with E-state index in [1.54, 1.807) is 0 Å². The van der Waals surface area contributed by atoms with Gasteiger partial charge in [-0.3, -0.25) is 9.59 Å². The van der Waals surface area contributed by atoms with E-state index >= 15 is 0 Å². The molecule has 0 radical (unpaired) electrons. The van der Waals surface area contributed by atoms with Crippen molar-refractivity contribution >= 4 is 21.7 Å². The van der Waals surface area contributed by atoms with Crippen molar-refractivity contribution in [1.82, 2.24) is 4.90 Å². The number of hydrogen-bond donors (Lipinski definition) is 2. The molecule has 0 aliphatic carbocycles. The van der Waals surface area contributed by atoms with Crippen molar-refractivity contribution in [3.63, 3.8) is 0 Å². The summed E-state index contributed by atoms with van der Waals surface area (Å²) in [5.41, 5.74) is 5.44. The topological polar surface area (TPSA) is 118 Å². The Morgan fingerprint density at radius 3 is 2.59 bits per heavy atom. The molecule has 3 N–H and O–H groups in total. The van der Waals surface area contributed by atoms with Crippen molar-refractivity contribution in [2.45, 2.75) is 25.4 Å². The first-order chi connectivity index (χ1) is 7.73. The molecule has 1 amide bonds. The van der Waals surface area contributed by atoms with E-state index in [9.17, 15) is 18.0 Å². The maximum Gasteiger partial charge on any atom is 0.305 e. The minimum Gasteiger partial charge on any atom is -0.481 e. The van der Waals surface area contributed by atoms with Crippen molar-refractivity contribution in [2.24, 2.45) is 5.73 Å². The van der Waals surface area contributed by atoms with Crippen LogP contribution in [-0.4, -0.2) is 60.4 Å². The van der Waals surface area contributed by atoms with Gasteiger partial charge in [-0.25, -0.2) is 8.42 Å². The van der Waals surface area contributed by atoms with E-state index in [1.165, 1.54) is 11.8 Å². The van der Waals surface area contributed by atoms with Gasteiger partial charge in [-0.2, -0.15) is 0 Å². The molecule has 1 heterocycles. The number of carboxylic acid groups (broad SMARTS) is 1. The van der Waals surface area contributed by atoms with Gasteiger partial charge in [0.1, 0.15) is 0 Å². The van der Waals surface area contributed by atoms with Crippen LogP contribution in [0.1, 0.15) is 13.3 Å². The fraction of sp³-hybridized carbons (Fsp3) is 0.778. The van der Waals surface area contributed by atoms with Crippen molar-refractivity contribution < 1.29 is 23.1 Å². The average molecular weight is 264 g/mol. The van der Waals surface area contributed by atoms with Crippen molar-refractivity contribution in [3.8, 4) is 0 Å². The van der Waals surface area contributed by atoms with Gasteiger partial charge in [-0.15, -0.1) is 0 Å². The van der Waals surface area contributed by atoms with Crippen LogP contribution in [0.25, 0.3) is 0 Å². The van der Waals surface area contributed by atoms with E-state index in [4.69, 9.17) is 10.8 Å². The molecule has 1 fully saturated rings. The Balaban J connectivity index is 2.88. The van der Waals surface area contributed by atoms with Crippen LogP contribution >= 0.6 is 0 Å². The normalized spacial score (nSPS) is 25.3. The third-order valence-corrected chi connectivity index (χ3v) is 4.31. The zero-order valence-electron chi connectivity index (χ0n) is 9.50. The zero-order chi connectivity index (χ0) is 13.2. The number of rotatable bonds is 3. The minimum atomic E-state index is -3.27. The summed E-state index contributed by atoms with van der Waals surface area (Å²) in [6.45, 7) is 1.50. The molecule has 1 saturated heterocycles. The van der Waals surface area contributed by atoms with Crippen LogP contribution in [0.5, 0.6) is 0 Å². The second kappa shape index (κ2) is 5.01. The largest absolute Gasteiger partial charge is 0.481 e. The molecule has 0 bridgehead atoms. The predicted molar refractivity (Wildman–Crippen MR) is 60.1 cm³/mol. The van der Waals surface area contributed by atoms with Crippen molar-refractivity contribution in [1.29, 1.82) is 0 Å². The number of carbonyl (C=O) groups is 2. The Bertz CT molecular complexity index is 417. The predicted octanol–water partition coefficient (Wildman–Crippen LogP) is -1.57. The molecule has 8 heteroatoms. The molecule has 2 atom stereocenters. The molecule has 0 spiro atoms. The van der Waals surface area contributed by atoms with Crippen LogP contribution in [0.4, 0.5) is 0 Å². The van der Waals surface area contributed by atoms with Gasteiger partial charge in [0, 0.05) is 6.54 Å². The second-order valence-corrected chi connectivity index (χ2v) is 6.42. The fourth-order valence-corrected chi connectivity index (χ4v) is 3.33. The maximum atomic E-state index is 11.7. The first-order valence-corrected chi connectivity index (χ1v) is 7.03. The number of carbonyl (C=O) groups excluding carboxylic acids is 1. The standard InChI is InChI=1S/C9H16N2O5S/c1-6(10)9(14)11-2-3-17(15,16)5-7(11)4-8(12)13/h6-7H,2-5,10H2,1H3,(H,12,13)/t6-,7?/m0/s1. The number of nitrogens with two attached hydrogens (primary N) is 1. The van der Waals surface area contributed by atoms with Gasteiger partial charge in [0.25, 0.3) is 0 Å². The lowest BCUT2D eigenvalue weighted by atomic mass is 10.1. The number of sulfone groups is 1. The monoisotopic (exact) mass is 264 g/mol. The van der Waals surface area contributed by atoms with Gasteiger partial charge in [0.2, 0.25) is 5.91 Å². The smallest absolute Gasteiger partial charge is 0.305 e. The van der Waals surface area contributed by atoms with Gasteiger partial charge in [-0.05, 0) is 6.92 Å². The summed E-state index contributed by atoms with van der Waals surface area (Å²) in [5.74, 6) is -1.99. The van der Waals surface area contributed by atoms with E-state index < -0.39 is 33.8 Å². The molecular weight excluding hydrogens is 248 g/mol. The SMILES string of the molecule is C[C@H](N)C(=O)N1CCS(=O)(=O)CC1CC(=O)O. The molecule has 1 unspecified atom stereocenters. The van der Waals surface area contributed by atoms with Gasteiger partial charge in [0.05, 0.1) is 30.0 Å². The molecule has 7 nitrogen and oxygen atoms in total. The van der Waals surface area contributed by atoms with E-state index in [0.29, 0.717) is 0 Å². The van der Waals surface area contributed by atoms with E-state index in [-0.39, 0.29) is 24.5 Å². The summed E-state index contributed by atoms with van der Waals surface area (Å²) < 4.78 is 22.8. The van der Waals surface area contributed by atoms with Crippen molar-refractivity contribution in [2.75, 3.05) is 18.1 Å². The number of nitrogens with zero attached hydrogens (tertiary/aromatic N) is 1. The highest BCUT2D eigenvalue weighted by atomic mass is 32.2. The number of hydrogen-bond acceptors (Lipinski definition) is 5. The first-order valence-electron chi connectivity index (χ1n) is 5.21. The molecular formula is C9H16N2O5S. The first kappa shape index (κ1) is 13.9. The Labute approximate surface area is 99.5 Å².